The Kier molecular flexibility index (Phi) is 12.1. The minimum absolute atomic E-state index is 0.554. The van der Waals surface area contributed by atoms with Crippen molar-refractivity contribution < 1.29 is 13.6 Å². The van der Waals surface area contributed by atoms with E-state index in [1.807, 2.05) is 0 Å². The Balaban J connectivity index is 2.95. The van der Waals surface area contributed by atoms with E-state index in [1.165, 1.54) is 52.1 Å². The molecule has 0 aromatic rings. The van der Waals surface area contributed by atoms with Gasteiger partial charge in [-0.1, -0.05) is 51.9 Å². The van der Waals surface area contributed by atoms with Crippen LogP contribution in [-0.2, 0) is 13.6 Å². The number of hydrogen-bond donors (Lipinski definition) is 0. The van der Waals surface area contributed by atoms with Crippen molar-refractivity contribution in [1.82, 2.24) is 0 Å². The second kappa shape index (κ2) is 12.1. The summed E-state index contributed by atoms with van der Waals surface area (Å²) in [4.78, 5) is 0. The smallest absolute Gasteiger partial charge is 0.122 e. The molecular weight excluding hydrogens is 211 g/mol. The number of hydrogen-bond acceptors (Lipinski definition) is 3. The summed E-state index contributed by atoms with van der Waals surface area (Å²) >= 11 is 0. The minimum Gasteiger partial charge on any atom is -0.122 e. The molecule has 90 valence electrons. The van der Waals surface area contributed by atoms with Crippen molar-refractivity contribution in [1.29, 1.82) is 0 Å². The molecule has 0 spiro atoms. The summed E-state index contributed by atoms with van der Waals surface area (Å²) in [5, 5.41) is 0. The zero-order valence-electron chi connectivity index (χ0n) is 10.0. The van der Waals surface area contributed by atoms with E-state index in [-0.39, 0.29) is 0 Å². The molecule has 0 aromatic carbocycles. The highest BCUT2D eigenvalue weighted by atomic mass is 31.1. The lowest BCUT2D eigenvalue weighted by Gasteiger charge is -1.99. The van der Waals surface area contributed by atoms with Crippen LogP contribution in [0.3, 0.4) is 0 Å². The van der Waals surface area contributed by atoms with Gasteiger partial charge < -0.3 is 0 Å². The van der Waals surface area contributed by atoms with E-state index in [1.54, 1.807) is 0 Å². The lowest BCUT2D eigenvalue weighted by atomic mass is 10.1. The van der Waals surface area contributed by atoms with Crippen LogP contribution < -0.4 is 0 Å². The monoisotopic (exact) mass is 235 g/mol. The van der Waals surface area contributed by atoms with Crippen LogP contribution in [-0.4, -0.2) is 13.7 Å². The van der Waals surface area contributed by atoms with Gasteiger partial charge in [-0.05, 0) is 6.42 Å². The van der Waals surface area contributed by atoms with Crippen LogP contribution in [0.25, 0.3) is 0 Å². The van der Waals surface area contributed by atoms with Gasteiger partial charge in [0, 0.05) is 4.57 Å². The summed E-state index contributed by atoms with van der Waals surface area (Å²) in [5.74, 6) is 0. The first-order valence-corrected chi connectivity index (χ1v) is 7.05. The summed E-state index contributed by atoms with van der Waals surface area (Å²) < 4.78 is 20.2. The van der Waals surface area contributed by atoms with Gasteiger partial charge in [0.25, 0.3) is 0 Å². The standard InChI is InChI=1S/C11H24O3P/c1-3-4-5-6-7-8-9-10-11-14-15(12)13-2/h3-11H2,1-2H3/q+1. The Hall–Kier alpha value is 0.0200. The van der Waals surface area contributed by atoms with E-state index in [4.69, 9.17) is 4.52 Å². The van der Waals surface area contributed by atoms with E-state index < -0.39 is 8.25 Å². The first kappa shape index (κ1) is 15.0. The van der Waals surface area contributed by atoms with Gasteiger partial charge in [-0.25, -0.2) is 0 Å². The molecule has 1 atom stereocenters. The van der Waals surface area contributed by atoms with Crippen LogP contribution in [0.15, 0.2) is 0 Å². The van der Waals surface area contributed by atoms with Gasteiger partial charge in [-0.15, -0.1) is 9.05 Å². The molecule has 15 heavy (non-hydrogen) atoms. The third-order valence-electron chi connectivity index (χ3n) is 2.34. The quantitative estimate of drug-likeness (QED) is 0.392. The molecule has 3 nitrogen and oxygen atoms in total. The summed E-state index contributed by atoms with van der Waals surface area (Å²) in [6, 6.07) is 0. The SMILES string of the molecule is CCCCCCCCCCO[P+](=O)OC. The molecular formula is C11H24O3P+. The summed E-state index contributed by atoms with van der Waals surface area (Å²) in [5.41, 5.74) is 0. The summed E-state index contributed by atoms with van der Waals surface area (Å²) in [6.45, 7) is 2.78. The van der Waals surface area contributed by atoms with Crippen molar-refractivity contribution in [2.45, 2.75) is 58.3 Å². The maximum absolute atomic E-state index is 10.7. The zero-order valence-corrected chi connectivity index (χ0v) is 10.9. The molecule has 0 aliphatic heterocycles. The first-order valence-electron chi connectivity index (χ1n) is 5.95. The molecule has 0 heterocycles. The molecule has 0 rings (SSSR count). The second-order valence-corrected chi connectivity index (χ2v) is 4.78. The summed E-state index contributed by atoms with van der Waals surface area (Å²) in [7, 11) is -0.466. The van der Waals surface area contributed by atoms with Gasteiger partial charge in [-0.2, -0.15) is 0 Å². The van der Waals surface area contributed by atoms with Crippen molar-refractivity contribution in [3.8, 4) is 0 Å². The maximum atomic E-state index is 10.7. The first-order chi connectivity index (χ1) is 7.31. The highest BCUT2D eigenvalue weighted by molar-refractivity contribution is 7.33. The van der Waals surface area contributed by atoms with Crippen molar-refractivity contribution in [3.05, 3.63) is 0 Å². The fraction of sp³-hybridized carbons (Fsp3) is 1.00. The lowest BCUT2D eigenvalue weighted by Crippen LogP contribution is -1.88. The fourth-order valence-electron chi connectivity index (χ4n) is 1.43. The molecule has 0 aliphatic carbocycles. The molecule has 0 bridgehead atoms. The molecule has 0 saturated carbocycles. The van der Waals surface area contributed by atoms with Crippen LogP contribution in [0.1, 0.15) is 58.3 Å². The minimum atomic E-state index is -1.86. The van der Waals surface area contributed by atoms with E-state index in [9.17, 15) is 4.57 Å². The van der Waals surface area contributed by atoms with E-state index in [0.717, 1.165) is 6.42 Å². The topological polar surface area (TPSA) is 35.5 Å². The average molecular weight is 235 g/mol. The molecule has 4 heteroatoms. The molecule has 0 amide bonds. The highest BCUT2D eigenvalue weighted by Gasteiger charge is 2.15. The second-order valence-electron chi connectivity index (χ2n) is 3.71. The third kappa shape index (κ3) is 11.9. The van der Waals surface area contributed by atoms with E-state index in [2.05, 4.69) is 11.4 Å². The van der Waals surface area contributed by atoms with Crippen LogP contribution >= 0.6 is 8.25 Å². The molecule has 0 N–H and O–H groups in total. The van der Waals surface area contributed by atoms with Gasteiger partial charge in [0.1, 0.15) is 6.61 Å². The molecule has 0 aliphatic rings. The Morgan fingerprint density at radius 2 is 1.47 bits per heavy atom. The lowest BCUT2D eigenvalue weighted by molar-refractivity contribution is 0.250. The van der Waals surface area contributed by atoms with E-state index >= 15 is 0 Å². The predicted octanol–water partition coefficient (Wildman–Crippen LogP) is 4.45. The van der Waals surface area contributed by atoms with E-state index in [0.29, 0.717) is 6.61 Å². The maximum Gasteiger partial charge on any atom is 0.697 e. The van der Waals surface area contributed by atoms with Gasteiger partial charge in [-0.3, -0.25) is 0 Å². The molecule has 0 saturated heterocycles. The number of unbranched alkanes of at least 4 members (excludes halogenated alkanes) is 7. The summed E-state index contributed by atoms with van der Waals surface area (Å²) in [6.07, 6.45) is 10.1. The Bertz CT molecular complexity index is 151. The predicted molar refractivity (Wildman–Crippen MR) is 63.2 cm³/mol. The molecule has 0 fully saturated rings. The largest absolute Gasteiger partial charge is 0.697 e. The van der Waals surface area contributed by atoms with Crippen molar-refractivity contribution in [2.24, 2.45) is 0 Å². The fourth-order valence-corrected chi connectivity index (χ4v) is 1.81. The molecule has 1 unspecified atom stereocenters. The van der Waals surface area contributed by atoms with Crippen molar-refractivity contribution in [2.75, 3.05) is 13.7 Å². The van der Waals surface area contributed by atoms with Crippen LogP contribution in [0, 0.1) is 0 Å². The van der Waals surface area contributed by atoms with Crippen molar-refractivity contribution >= 4 is 8.25 Å². The van der Waals surface area contributed by atoms with Gasteiger partial charge in [0.2, 0.25) is 0 Å². The molecule has 0 aromatic heterocycles. The zero-order chi connectivity index (χ0) is 11.4. The normalized spacial score (nSPS) is 11.7. The molecule has 0 radical (unpaired) electrons. The highest BCUT2D eigenvalue weighted by Crippen LogP contribution is 2.22. The van der Waals surface area contributed by atoms with Crippen molar-refractivity contribution in [3.63, 3.8) is 0 Å². The van der Waals surface area contributed by atoms with Crippen LogP contribution in [0.5, 0.6) is 0 Å². The Morgan fingerprint density at radius 1 is 0.933 bits per heavy atom. The Labute approximate surface area is 94.5 Å². The van der Waals surface area contributed by atoms with Gasteiger partial charge in [0.05, 0.1) is 7.11 Å². The van der Waals surface area contributed by atoms with Gasteiger partial charge >= 0.3 is 8.25 Å². The Morgan fingerprint density at radius 3 is 2.00 bits per heavy atom. The average Bonchev–Trinajstić information content (AvgIpc) is 2.26. The van der Waals surface area contributed by atoms with Crippen LogP contribution in [0.4, 0.5) is 0 Å². The third-order valence-corrected chi connectivity index (χ3v) is 3.04. The van der Waals surface area contributed by atoms with Crippen LogP contribution in [0.2, 0.25) is 0 Å². The van der Waals surface area contributed by atoms with Gasteiger partial charge in [0.15, 0.2) is 0 Å². The number of rotatable bonds is 11.